The number of nitrogens with one attached hydrogen (secondary N) is 2. The number of piperidine rings is 1. The molecule has 4 N–H and O–H groups in total. The molecular formula is C17H26N4O2. The number of hydrogen-bond acceptors (Lipinski definition) is 3. The van der Waals surface area contributed by atoms with E-state index in [2.05, 4.69) is 10.6 Å². The molecule has 0 radical (unpaired) electrons. The summed E-state index contributed by atoms with van der Waals surface area (Å²) in [6.07, 6.45) is 4.37. The quantitative estimate of drug-likeness (QED) is 0.780. The Morgan fingerprint density at radius 1 is 1.26 bits per heavy atom. The van der Waals surface area contributed by atoms with Crippen LogP contribution in [0.25, 0.3) is 0 Å². The van der Waals surface area contributed by atoms with Gasteiger partial charge in [0.15, 0.2) is 0 Å². The Labute approximate surface area is 137 Å². The summed E-state index contributed by atoms with van der Waals surface area (Å²) in [5.41, 5.74) is 7.13. The summed E-state index contributed by atoms with van der Waals surface area (Å²) in [6, 6.07) is 7.19. The largest absolute Gasteiger partial charge is 0.328 e. The lowest BCUT2D eigenvalue weighted by atomic mass is 10.0. The van der Waals surface area contributed by atoms with Gasteiger partial charge in [0.1, 0.15) is 0 Å². The van der Waals surface area contributed by atoms with Gasteiger partial charge in [-0.15, -0.1) is 0 Å². The molecule has 0 saturated carbocycles. The molecule has 0 aromatic heterocycles. The molecule has 0 aliphatic carbocycles. The first-order valence-corrected chi connectivity index (χ1v) is 8.31. The number of nitrogens with two attached hydrogens (primary N) is 1. The topological polar surface area (TPSA) is 87.5 Å². The fourth-order valence-corrected chi connectivity index (χ4v) is 2.83. The molecule has 1 saturated heterocycles. The smallest absolute Gasteiger partial charge is 0.322 e. The van der Waals surface area contributed by atoms with Crippen molar-refractivity contribution in [3.05, 3.63) is 24.3 Å². The maximum Gasteiger partial charge on any atom is 0.322 e. The van der Waals surface area contributed by atoms with E-state index >= 15 is 0 Å². The Kier molecular flexibility index (Phi) is 6.40. The van der Waals surface area contributed by atoms with E-state index in [0.29, 0.717) is 24.3 Å². The number of amides is 3. The van der Waals surface area contributed by atoms with Gasteiger partial charge in [-0.05, 0) is 43.9 Å². The van der Waals surface area contributed by atoms with Crippen LogP contribution in [0.4, 0.5) is 16.2 Å². The number of anilines is 2. The number of hydrogen-bond donors (Lipinski definition) is 3. The van der Waals surface area contributed by atoms with Crippen molar-refractivity contribution in [3.8, 4) is 0 Å². The predicted octanol–water partition coefficient (Wildman–Crippen LogP) is 2.77. The van der Waals surface area contributed by atoms with Crippen molar-refractivity contribution in [3.63, 3.8) is 0 Å². The number of carbonyl (C=O) groups excluding carboxylic acids is 2. The lowest BCUT2D eigenvalue weighted by Crippen LogP contribution is -2.49. The SMILES string of the molecule is CCCC(=O)Nc1cccc(NC(=O)N2CCCC[C@@H]2CN)c1. The summed E-state index contributed by atoms with van der Waals surface area (Å²) in [5.74, 6) is -0.0183. The predicted molar refractivity (Wildman–Crippen MR) is 92.4 cm³/mol. The summed E-state index contributed by atoms with van der Waals surface area (Å²) >= 11 is 0. The minimum atomic E-state index is -0.128. The van der Waals surface area contributed by atoms with Gasteiger partial charge in [0, 0.05) is 36.9 Å². The van der Waals surface area contributed by atoms with E-state index in [9.17, 15) is 9.59 Å². The average molecular weight is 318 g/mol. The lowest BCUT2D eigenvalue weighted by molar-refractivity contribution is -0.116. The summed E-state index contributed by atoms with van der Waals surface area (Å²) in [6.45, 7) is 3.18. The first-order valence-electron chi connectivity index (χ1n) is 8.31. The van der Waals surface area contributed by atoms with Gasteiger partial charge in [-0.1, -0.05) is 13.0 Å². The van der Waals surface area contributed by atoms with Gasteiger partial charge in [0.25, 0.3) is 0 Å². The van der Waals surface area contributed by atoms with Crippen LogP contribution in [-0.4, -0.2) is 36.0 Å². The molecule has 0 spiro atoms. The molecule has 6 nitrogen and oxygen atoms in total. The third-order valence-electron chi connectivity index (χ3n) is 4.03. The molecule has 0 unspecified atom stereocenters. The Balaban J connectivity index is 1.99. The number of benzene rings is 1. The minimum Gasteiger partial charge on any atom is -0.328 e. The van der Waals surface area contributed by atoms with Crippen LogP contribution in [0.15, 0.2) is 24.3 Å². The van der Waals surface area contributed by atoms with Crippen LogP contribution in [-0.2, 0) is 4.79 Å². The van der Waals surface area contributed by atoms with Gasteiger partial charge in [-0.2, -0.15) is 0 Å². The molecule has 1 aromatic carbocycles. The van der Waals surface area contributed by atoms with Crippen molar-refractivity contribution >= 4 is 23.3 Å². The standard InChI is InChI=1S/C17H26N4O2/c1-2-6-16(22)19-13-7-5-8-14(11-13)20-17(23)21-10-4-3-9-15(21)12-18/h5,7-8,11,15H,2-4,6,9-10,12,18H2,1H3,(H,19,22)(H,20,23)/t15-/m1/s1. The van der Waals surface area contributed by atoms with E-state index in [-0.39, 0.29) is 18.0 Å². The zero-order chi connectivity index (χ0) is 16.7. The van der Waals surface area contributed by atoms with E-state index in [1.54, 1.807) is 6.07 Å². The molecule has 0 bridgehead atoms. The monoisotopic (exact) mass is 318 g/mol. The van der Waals surface area contributed by atoms with Gasteiger partial charge in [0.2, 0.25) is 5.91 Å². The van der Waals surface area contributed by atoms with Crippen molar-refractivity contribution in [2.45, 2.75) is 45.1 Å². The molecule has 1 atom stereocenters. The first kappa shape index (κ1) is 17.3. The van der Waals surface area contributed by atoms with Crippen LogP contribution in [0.5, 0.6) is 0 Å². The van der Waals surface area contributed by atoms with E-state index in [0.717, 1.165) is 32.2 Å². The number of nitrogens with zero attached hydrogens (tertiary/aromatic N) is 1. The summed E-state index contributed by atoms with van der Waals surface area (Å²) < 4.78 is 0. The second kappa shape index (κ2) is 8.53. The fraction of sp³-hybridized carbons (Fsp3) is 0.529. The minimum absolute atomic E-state index is 0.0183. The second-order valence-corrected chi connectivity index (χ2v) is 5.89. The van der Waals surface area contributed by atoms with Crippen LogP contribution in [0.1, 0.15) is 39.0 Å². The summed E-state index contributed by atoms with van der Waals surface area (Å²) in [5, 5.41) is 5.73. The number of urea groups is 1. The zero-order valence-corrected chi connectivity index (χ0v) is 13.7. The van der Waals surface area contributed by atoms with Crippen LogP contribution in [0.3, 0.4) is 0 Å². The zero-order valence-electron chi connectivity index (χ0n) is 13.7. The highest BCUT2D eigenvalue weighted by molar-refractivity contribution is 5.93. The fourth-order valence-electron chi connectivity index (χ4n) is 2.83. The average Bonchev–Trinajstić information content (AvgIpc) is 2.55. The van der Waals surface area contributed by atoms with Gasteiger partial charge in [-0.3, -0.25) is 4.79 Å². The van der Waals surface area contributed by atoms with E-state index < -0.39 is 0 Å². The maximum atomic E-state index is 12.4. The van der Waals surface area contributed by atoms with E-state index in [4.69, 9.17) is 5.73 Å². The van der Waals surface area contributed by atoms with E-state index in [1.807, 2.05) is 30.0 Å². The molecule has 2 rings (SSSR count). The number of likely N-dealkylation sites (tertiary alicyclic amines) is 1. The molecule has 1 aromatic rings. The van der Waals surface area contributed by atoms with Crippen molar-refractivity contribution < 1.29 is 9.59 Å². The molecular weight excluding hydrogens is 292 g/mol. The van der Waals surface area contributed by atoms with Crippen LogP contribution in [0.2, 0.25) is 0 Å². The Morgan fingerprint density at radius 3 is 2.70 bits per heavy atom. The van der Waals surface area contributed by atoms with Gasteiger partial charge >= 0.3 is 6.03 Å². The normalized spacial score (nSPS) is 17.7. The maximum absolute atomic E-state index is 12.4. The van der Waals surface area contributed by atoms with Crippen molar-refractivity contribution in [1.82, 2.24) is 4.90 Å². The molecule has 1 heterocycles. The third-order valence-corrected chi connectivity index (χ3v) is 4.03. The van der Waals surface area contributed by atoms with Gasteiger partial charge in [0.05, 0.1) is 0 Å². The number of rotatable bonds is 5. The first-order chi connectivity index (χ1) is 11.1. The van der Waals surface area contributed by atoms with Crippen LogP contribution in [0, 0.1) is 0 Å². The van der Waals surface area contributed by atoms with Crippen LogP contribution >= 0.6 is 0 Å². The molecule has 1 fully saturated rings. The molecule has 3 amide bonds. The van der Waals surface area contributed by atoms with Crippen LogP contribution < -0.4 is 16.4 Å². The highest BCUT2D eigenvalue weighted by Gasteiger charge is 2.25. The Morgan fingerprint density at radius 2 is 2.00 bits per heavy atom. The molecule has 126 valence electrons. The van der Waals surface area contributed by atoms with Crippen molar-refractivity contribution in [2.24, 2.45) is 5.73 Å². The number of carbonyl (C=O) groups is 2. The van der Waals surface area contributed by atoms with Crippen molar-refractivity contribution in [2.75, 3.05) is 23.7 Å². The van der Waals surface area contributed by atoms with Crippen molar-refractivity contribution in [1.29, 1.82) is 0 Å². The summed E-state index contributed by atoms with van der Waals surface area (Å²) in [4.78, 5) is 25.9. The lowest BCUT2D eigenvalue weighted by Gasteiger charge is -2.35. The molecule has 6 heteroatoms. The van der Waals surface area contributed by atoms with E-state index in [1.165, 1.54) is 0 Å². The molecule has 23 heavy (non-hydrogen) atoms. The third kappa shape index (κ3) is 4.96. The highest BCUT2D eigenvalue weighted by Crippen LogP contribution is 2.20. The van der Waals surface area contributed by atoms with Gasteiger partial charge in [-0.25, -0.2) is 4.79 Å². The Bertz CT molecular complexity index is 547. The van der Waals surface area contributed by atoms with Gasteiger partial charge < -0.3 is 21.3 Å². The second-order valence-electron chi connectivity index (χ2n) is 5.89. The molecule has 1 aliphatic rings. The highest BCUT2D eigenvalue weighted by atomic mass is 16.2. The summed E-state index contributed by atoms with van der Waals surface area (Å²) in [7, 11) is 0. The Hall–Kier alpha value is -2.08. The molecule has 1 aliphatic heterocycles.